The smallest absolute Gasteiger partial charge is 0.340 e. The van der Waals surface area contributed by atoms with Gasteiger partial charge in [0.25, 0.3) is 0 Å². The minimum absolute atomic E-state index is 0.0673. The summed E-state index contributed by atoms with van der Waals surface area (Å²) in [7, 11) is 0. The van der Waals surface area contributed by atoms with E-state index >= 15 is 0 Å². The molecule has 174 valence electrons. The Kier molecular flexibility index (Phi) is 7.08. The number of hydrogen-bond acceptors (Lipinski definition) is 3. The van der Waals surface area contributed by atoms with Crippen LogP contribution < -0.4 is 10.6 Å². The van der Waals surface area contributed by atoms with E-state index in [1.54, 1.807) is 6.20 Å². The number of alkyl halides is 3. The molecule has 2 heterocycles. The molecule has 1 aliphatic rings. The summed E-state index contributed by atoms with van der Waals surface area (Å²) in [5.41, 5.74) is -0.0853. The Morgan fingerprint density at radius 2 is 1.84 bits per heavy atom. The zero-order valence-corrected chi connectivity index (χ0v) is 20.1. The second-order valence-electron chi connectivity index (χ2n) is 9.53. The van der Waals surface area contributed by atoms with E-state index in [-0.39, 0.29) is 27.8 Å². The molecule has 0 amide bonds. The number of hydrogen-bond donors (Lipinski definition) is 2. The molecule has 4 nitrogen and oxygen atoms in total. The Labute approximate surface area is 197 Å². The summed E-state index contributed by atoms with van der Waals surface area (Å²) in [6, 6.07) is 9.45. The van der Waals surface area contributed by atoms with Crippen LogP contribution in [0.5, 0.6) is 0 Å². The first-order chi connectivity index (χ1) is 14.8. The fourth-order valence-electron chi connectivity index (χ4n) is 4.54. The van der Waals surface area contributed by atoms with Crippen molar-refractivity contribution in [3.63, 3.8) is 0 Å². The van der Waals surface area contributed by atoms with Crippen LogP contribution in [-0.4, -0.2) is 32.1 Å². The van der Waals surface area contributed by atoms with Crippen LogP contribution in [0.25, 0.3) is 0 Å². The van der Waals surface area contributed by atoms with Gasteiger partial charge in [-0.3, -0.25) is 4.98 Å². The van der Waals surface area contributed by atoms with Crippen molar-refractivity contribution in [1.82, 2.24) is 15.2 Å². The van der Waals surface area contributed by atoms with Crippen LogP contribution in [0.3, 0.4) is 0 Å². The molecule has 1 aromatic heterocycles. The largest absolute Gasteiger partial charge is 0.417 e. The molecule has 2 aromatic rings. The fourth-order valence-corrected chi connectivity index (χ4v) is 5.09. The lowest BCUT2D eigenvalue weighted by Crippen LogP contribution is -2.63. The van der Waals surface area contributed by atoms with Gasteiger partial charge in [0.1, 0.15) is 0 Å². The van der Waals surface area contributed by atoms with Crippen molar-refractivity contribution >= 4 is 34.6 Å². The molecule has 0 spiro atoms. The number of thiocarbonyl (C=S) groups is 1. The molecule has 0 bridgehead atoms. The molecule has 32 heavy (non-hydrogen) atoms. The Morgan fingerprint density at radius 1 is 1.19 bits per heavy atom. The number of anilines is 1. The lowest BCUT2D eigenvalue weighted by Gasteiger charge is -2.50. The summed E-state index contributed by atoms with van der Waals surface area (Å²) in [4.78, 5) is 6.45. The molecular weight excluding hydrogens is 457 g/mol. The van der Waals surface area contributed by atoms with E-state index in [2.05, 4.69) is 43.3 Å². The van der Waals surface area contributed by atoms with Crippen molar-refractivity contribution < 1.29 is 13.2 Å². The van der Waals surface area contributed by atoms with Crippen molar-refractivity contribution in [2.24, 2.45) is 0 Å². The summed E-state index contributed by atoms with van der Waals surface area (Å²) in [5.74, 6) is 0. The highest BCUT2D eigenvalue weighted by molar-refractivity contribution is 7.80. The Balaban J connectivity index is 1.90. The quantitative estimate of drug-likeness (QED) is 0.501. The Hall–Kier alpha value is -1.90. The first-order valence-electron chi connectivity index (χ1n) is 10.4. The Morgan fingerprint density at radius 3 is 2.41 bits per heavy atom. The van der Waals surface area contributed by atoms with Gasteiger partial charge in [-0.2, -0.15) is 13.2 Å². The highest BCUT2D eigenvalue weighted by Gasteiger charge is 2.41. The predicted octanol–water partition coefficient (Wildman–Crippen LogP) is 6.26. The van der Waals surface area contributed by atoms with Gasteiger partial charge in [-0.15, -0.1) is 0 Å². The molecular formula is C23H28ClF3N4S. The number of benzene rings is 1. The van der Waals surface area contributed by atoms with Gasteiger partial charge in [0.05, 0.1) is 22.8 Å². The highest BCUT2D eigenvalue weighted by atomic mass is 35.5. The van der Waals surface area contributed by atoms with E-state index in [4.69, 9.17) is 23.8 Å². The summed E-state index contributed by atoms with van der Waals surface area (Å²) in [6.07, 6.45) is -1.19. The van der Waals surface area contributed by atoms with Crippen LogP contribution in [-0.2, 0) is 12.7 Å². The molecule has 3 rings (SSSR count). The van der Waals surface area contributed by atoms with Crippen molar-refractivity contribution in [2.75, 3.05) is 5.32 Å². The lowest BCUT2D eigenvalue weighted by molar-refractivity contribution is -0.137. The van der Waals surface area contributed by atoms with Crippen LogP contribution in [0.2, 0.25) is 5.02 Å². The van der Waals surface area contributed by atoms with Gasteiger partial charge in [-0.1, -0.05) is 17.7 Å². The summed E-state index contributed by atoms with van der Waals surface area (Å²) in [5, 5.41) is 6.66. The van der Waals surface area contributed by atoms with E-state index in [1.807, 2.05) is 23.1 Å². The van der Waals surface area contributed by atoms with E-state index in [0.29, 0.717) is 11.7 Å². The fraction of sp³-hybridized carbons (Fsp3) is 0.478. The van der Waals surface area contributed by atoms with E-state index in [0.717, 1.165) is 24.6 Å². The van der Waals surface area contributed by atoms with Gasteiger partial charge in [0.2, 0.25) is 0 Å². The zero-order valence-electron chi connectivity index (χ0n) is 18.6. The standard InChI is InChI=1S/C23H28ClF3N4S/c1-21(2)12-17(13-22(3,4)30-21)31(14-16-7-5-6-10-28-16)20(32)29-15-8-9-19(24)18(11-15)23(25,26)27/h5-11,17,30H,12-14H2,1-4H3,(H,29,32). The number of nitrogens with zero attached hydrogens (tertiary/aromatic N) is 2. The van der Waals surface area contributed by atoms with Gasteiger partial charge >= 0.3 is 6.18 Å². The number of rotatable bonds is 4. The SMILES string of the molecule is CC1(C)CC(N(Cc2ccccn2)C(=S)Nc2ccc(Cl)c(C(F)(F)F)c2)CC(C)(C)N1. The summed E-state index contributed by atoms with van der Waals surface area (Å²) >= 11 is 11.5. The van der Waals surface area contributed by atoms with E-state index in [9.17, 15) is 13.2 Å². The number of nitrogens with one attached hydrogen (secondary N) is 2. The average Bonchev–Trinajstić information content (AvgIpc) is 2.65. The molecule has 1 aliphatic heterocycles. The monoisotopic (exact) mass is 484 g/mol. The second-order valence-corrected chi connectivity index (χ2v) is 10.3. The molecule has 0 atom stereocenters. The predicted molar refractivity (Wildman–Crippen MR) is 127 cm³/mol. The summed E-state index contributed by atoms with van der Waals surface area (Å²) in [6.45, 7) is 9.02. The van der Waals surface area contributed by atoms with Crippen molar-refractivity contribution in [2.45, 2.75) is 70.4 Å². The van der Waals surface area contributed by atoms with Crippen LogP contribution in [0.1, 0.15) is 51.8 Å². The van der Waals surface area contributed by atoms with E-state index < -0.39 is 11.7 Å². The zero-order chi connectivity index (χ0) is 23.7. The third kappa shape index (κ3) is 6.33. The summed E-state index contributed by atoms with van der Waals surface area (Å²) < 4.78 is 39.9. The third-order valence-electron chi connectivity index (χ3n) is 5.45. The second kappa shape index (κ2) is 9.15. The molecule has 1 fully saturated rings. The molecule has 0 radical (unpaired) electrons. The molecule has 2 N–H and O–H groups in total. The number of halogens is 4. The van der Waals surface area contributed by atoms with Gasteiger partial charge in [-0.25, -0.2) is 0 Å². The molecule has 0 unspecified atom stereocenters. The number of pyridine rings is 1. The van der Waals surface area contributed by atoms with Crippen LogP contribution >= 0.6 is 23.8 Å². The van der Waals surface area contributed by atoms with Gasteiger partial charge in [0.15, 0.2) is 5.11 Å². The van der Waals surface area contributed by atoms with Crippen LogP contribution in [0, 0.1) is 0 Å². The minimum atomic E-state index is -4.55. The van der Waals surface area contributed by atoms with Crippen molar-refractivity contribution in [1.29, 1.82) is 0 Å². The average molecular weight is 485 g/mol. The molecule has 9 heteroatoms. The van der Waals surface area contributed by atoms with Gasteiger partial charge < -0.3 is 15.5 Å². The maximum atomic E-state index is 13.3. The first kappa shape index (κ1) is 24.7. The van der Waals surface area contributed by atoms with Crippen molar-refractivity contribution in [3.8, 4) is 0 Å². The number of aromatic nitrogens is 1. The normalized spacial score (nSPS) is 18.2. The van der Waals surface area contributed by atoms with E-state index in [1.165, 1.54) is 12.1 Å². The molecule has 1 aromatic carbocycles. The molecule has 0 aliphatic carbocycles. The maximum absolute atomic E-state index is 13.3. The first-order valence-corrected chi connectivity index (χ1v) is 11.2. The molecule has 1 saturated heterocycles. The lowest BCUT2D eigenvalue weighted by atomic mass is 9.79. The number of piperidine rings is 1. The van der Waals surface area contributed by atoms with Crippen molar-refractivity contribution in [3.05, 3.63) is 58.9 Å². The van der Waals surface area contributed by atoms with Crippen LogP contribution in [0.15, 0.2) is 42.6 Å². The third-order valence-corrected chi connectivity index (χ3v) is 6.12. The topological polar surface area (TPSA) is 40.2 Å². The molecule has 0 saturated carbocycles. The van der Waals surface area contributed by atoms with Gasteiger partial charge in [0, 0.05) is 29.0 Å². The highest BCUT2D eigenvalue weighted by Crippen LogP contribution is 2.37. The maximum Gasteiger partial charge on any atom is 0.417 e. The minimum Gasteiger partial charge on any atom is -0.340 e. The Bertz CT molecular complexity index is 947. The van der Waals surface area contributed by atoms with Gasteiger partial charge in [-0.05, 0) is 83.1 Å². The van der Waals surface area contributed by atoms with Crippen LogP contribution in [0.4, 0.5) is 18.9 Å².